The third-order valence-corrected chi connectivity index (χ3v) is 12.5. The van der Waals surface area contributed by atoms with Gasteiger partial charge in [0.05, 0.1) is 0 Å². The number of allylic oxidation sites excluding steroid dienone is 10. The molecule has 0 radical (unpaired) electrons. The highest BCUT2D eigenvalue weighted by molar-refractivity contribution is 5.71. The number of esters is 3. The predicted molar refractivity (Wildman–Crippen MR) is 288 cm³/mol. The number of carbonyl (C=O) groups excluding carboxylic acids is 3. The van der Waals surface area contributed by atoms with Gasteiger partial charge in [-0.05, 0) is 64.2 Å². The Morgan fingerprint density at radius 3 is 0.910 bits per heavy atom. The number of carbonyl (C=O) groups is 3. The van der Waals surface area contributed by atoms with Gasteiger partial charge in [-0.25, -0.2) is 0 Å². The highest BCUT2D eigenvalue weighted by Crippen LogP contribution is 2.16. The summed E-state index contributed by atoms with van der Waals surface area (Å²) in [6.45, 7) is 6.53. The van der Waals surface area contributed by atoms with E-state index in [2.05, 4.69) is 81.5 Å². The lowest BCUT2D eigenvalue weighted by molar-refractivity contribution is -0.167. The van der Waals surface area contributed by atoms with Crippen LogP contribution in [-0.4, -0.2) is 37.2 Å². The summed E-state index contributed by atoms with van der Waals surface area (Å²) in [6, 6.07) is 0. The normalized spacial score (nSPS) is 12.5. The third-order valence-electron chi connectivity index (χ3n) is 12.5. The van der Waals surface area contributed by atoms with Gasteiger partial charge in [0.1, 0.15) is 13.2 Å². The molecule has 0 aliphatic carbocycles. The maximum absolute atomic E-state index is 12.9. The average Bonchev–Trinajstić information content (AvgIpc) is 3.33. The van der Waals surface area contributed by atoms with Crippen LogP contribution in [0.25, 0.3) is 0 Å². The Morgan fingerprint density at radius 2 is 0.582 bits per heavy atom. The van der Waals surface area contributed by atoms with Crippen LogP contribution in [0.5, 0.6) is 0 Å². The average molecular weight is 938 g/mol. The van der Waals surface area contributed by atoms with Gasteiger partial charge in [-0.15, -0.1) is 0 Å². The van der Waals surface area contributed by atoms with Crippen LogP contribution in [0, 0.1) is 0 Å². The standard InChI is InChI=1S/C61H108O6/c1-4-7-10-13-16-19-22-25-27-29-31-33-34-36-39-42-45-48-51-54-60(63)66-57-58(56-65-59(62)53-50-47-44-41-38-24-21-18-15-12-9-6-3)67-61(64)55-52-49-46-43-40-37-35-32-30-28-26-23-20-17-14-11-8-5-2/h7,10,16,19,25,27,31,33,36,39,58H,4-6,8-9,11-15,17-18,20-24,26,28-30,32,34-35,37-38,40-57H2,1-3H3/b10-7-,19-16-,27-25-,33-31-,39-36-. The highest BCUT2D eigenvalue weighted by atomic mass is 16.6. The Balaban J connectivity index is 4.38. The molecule has 0 fully saturated rings. The van der Waals surface area contributed by atoms with Crippen molar-refractivity contribution in [1.29, 1.82) is 0 Å². The Kier molecular flexibility index (Phi) is 53.3. The third kappa shape index (κ3) is 53.9. The lowest BCUT2D eigenvalue weighted by Gasteiger charge is -2.18. The quantitative estimate of drug-likeness (QED) is 0.0262. The maximum Gasteiger partial charge on any atom is 0.306 e. The molecule has 0 bridgehead atoms. The van der Waals surface area contributed by atoms with Crippen LogP contribution in [0.3, 0.4) is 0 Å². The lowest BCUT2D eigenvalue weighted by atomic mass is 10.0. The fourth-order valence-electron chi connectivity index (χ4n) is 8.24. The van der Waals surface area contributed by atoms with Gasteiger partial charge in [0.15, 0.2) is 6.10 Å². The first kappa shape index (κ1) is 64.1. The van der Waals surface area contributed by atoms with E-state index in [1.807, 2.05) is 0 Å². The summed E-state index contributed by atoms with van der Waals surface area (Å²) in [7, 11) is 0. The molecule has 0 spiro atoms. The smallest absolute Gasteiger partial charge is 0.306 e. The Bertz CT molecular complexity index is 1210. The molecule has 0 rings (SSSR count). The topological polar surface area (TPSA) is 78.9 Å². The number of unbranched alkanes of at least 4 members (excludes halogenated alkanes) is 31. The van der Waals surface area contributed by atoms with Crippen molar-refractivity contribution in [3.05, 3.63) is 60.8 Å². The van der Waals surface area contributed by atoms with Crippen LogP contribution < -0.4 is 0 Å². The molecular formula is C61H108O6. The monoisotopic (exact) mass is 937 g/mol. The van der Waals surface area contributed by atoms with Gasteiger partial charge in [-0.3, -0.25) is 14.4 Å². The second-order valence-electron chi connectivity index (χ2n) is 19.2. The van der Waals surface area contributed by atoms with Gasteiger partial charge in [-0.2, -0.15) is 0 Å². The molecule has 0 saturated heterocycles. The molecule has 0 saturated carbocycles. The maximum atomic E-state index is 12.9. The molecule has 0 aromatic rings. The van der Waals surface area contributed by atoms with Crippen LogP contribution in [0.2, 0.25) is 0 Å². The van der Waals surface area contributed by atoms with E-state index in [4.69, 9.17) is 14.2 Å². The SMILES string of the molecule is CC/C=C\C/C=C\C/C=C\C/C=C\C/C=C\CCCCCC(=O)OCC(COC(=O)CCCCCCCCCCCCCC)OC(=O)CCCCCCCCCCCCCCCCCCCC. The second-order valence-corrected chi connectivity index (χ2v) is 19.2. The molecule has 1 atom stereocenters. The molecule has 0 aliphatic rings. The van der Waals surface area contributed by atoms with Crippen molar-refractivity contribution in [2.75, 3.05) is 13.2 Å². The van der Waals surface area contributed by atoms with Gasteiger partial charge in [-0.1, -0.05) is 268 Å². The van der Waals surface area contributed by atoms with Crippen LogP contribution in [0.4, 0.5) is 0 Å². The molecule has 0 N–H and O–H groups in total. The largest absolute Gasteiger partial charge is 0.462 e. The molecule has 1 unspecified atom stereocenters. The molecule has 67 heavy (non-hydrogen) atoms. The first-order valence-electron chi connectivity index (χ1n) is 28.8. The minimum Gasteiger partial charge on any atom is -0.462 e. The molecule has 0 heterocycles. The van der Waals surface area contributed by atoms with Crippen molar-refractivity contribution < 1.29 is 28.6 Å². The number of hydrogen-bond donors (Lipinski definition) is 0. The van der Waals surface area contributed by atoms with Crippen LogP contribution >= 0.6 is 0 Å². The molecule has 0 aromatic carbocycles. The summed E-state index contributed by atoms with van der Waals surface area (Å²) in [6.07, 6.45) is 69.2. The zero-order chi connectivity index (χ0) is 48.6. The highest BCUT2D eigenvalue weighted by Gasteiger charge is 2.19. The Labute approximate surface area is 415 Å². The molecule has 388 valence electrons. The Morgan fingerprint density at radius 1 is 0.313 bits per heavy atom. The molecule has 6 nitrogen and oxygen atoms in total. The van der Waals surface area contributed by atoms with Crippen LogP contribution in [0.1, 0.15) is 290 Å². The molecule has 0 amide bonds. The summed E-state index contributed by atoms with van der Waals surface area (Å²) in [5.41, 5.74) is 0. The predicted octanol–water partition coefficient (Wildman–Crippen LogP) is 19.2. The minimum atomic E-state index is -0.784. The van der Waals surface area contributed by atoms with E-state index in [0.29, 0.717) is 19.3 Å². The molecule has 0 aromatic heterocycles. The van der Waals surface area contributed by atoms with Gasteiger partial charge >= 0.3 is 17.9 Å². The van der Waals surface area contributed by atoms with Crippen molar-refractivity contribution in [3.8, 4) is 0 Å². The number of hydrogen-bond acceptors (Lipinski definition) is 6. The summed E-state index contributed by atoms with van der Waals surface area (Å²) in [4.78, 5) is 38.1. The zero-order valence-corrected chi connectivity index (χ0v) is 44.4. The fourth-order valence-corrected chi connectivity index (χ4v) is 8.24. The fraction of sp³-hybridized carbons (Fsp3) is 0.787. The first-order chi connectivity index (χ1) is 33.0. The van der Waals surface area contributed by atoms with Crippen molar-refractivity contribution in [2.24, 2.45) is 0 Å². The molecular weight excluding hydrogens is 829 g/mol. The van der Waals surface area contributed by atoms with Gasteiger partial charge < -0.3 is 14.2 Å². The van der Waals surface area contributed by atoms with E-state index in [1.165, 1.54) is 154 Å². The molecule has 0 aliphatic heterocycles. The van der Waals surface area contributed by atoms with E-state index < -0.39 is 6.10 Å². The first-order valence-corrected chi connectivity index (χ1v) is 28.8. The lowest BCUT2D eigenvalue weighted by Crippen LogP contribution is -2.30. The summed E-state index contributed by atoms with van der Waals surface area (Å²) < 4.78 is 16.8. The van der Waals surface area contributed by atoms with Crippen molar-refractivity contribution >= 4 is 17.9 Å². The van der Waals surface area contributed by atoms with Gasteiger partial charge in [0, 0.05) is 19.3 Å². The second kappa shape index (κ2) is 55.7. The summed E-state index contributed by atoms with van der Waals surface area (Å²) in [5, 5.41) is 0. The zero-order valence-electron chi connectivity index (χ0n) is 44.4. The minimum absolute atomic E-state index is 0.0809. The van der Waals surface area contributed by atoms with E-state index in [0.717, 1.165) is 96.3 Å². The number of rotatable bonds is 52. The van der Waals surface area contributed by atoms with Gasteiger partial charge in [0.2, 0.25) is 0 Å². The van der Waals surface area contributed by atoms with Crippen LogP contribution in [0.15, 0.2) is 60.8 Å². The van der Waals surface area contributed by atoms with Crippen molar-refractivity contribution in [2.45, 2.75) is 297 Å². The van der Waals surface area contributed by atoms with Crippen LogP contribution in [-0.2, 0) is 28.6 Å². The van der Waals surface area contributed by atoms with Gasteiger partial charge in [0.25, 0.3) is 0 Å². The van der Waals surface area contributed by atoms with Crippen molar-refractivity contribution in [3.63, 3.8) is 0 Å². The van der Waals surface area contributed by atoms with E-state index in [1.54, 1.807) is 0 Å². The summed E-state index contributed by atoms with van der Waals surface area (Å²) >= 11 is 0. The van der Waals surface area contributed by atoms with E-state index in [9.17, 15) is 14.4 Å². The molecule has 6 heteroatoms. The van der Waals surface area contributed by atoms with E-state index in [-0.39, 0.29) is 31.1 Å². The van der Waals surface area contributed by atoms with Crippen molar-refractivity contribution in [1.82, 2.24) is 0 Å². The Hall–Kier alpha value is -2.89. The number of ether oxygens (including phenoxy) is 3. The summed E-state index contributed by atoms with van der Waals surface area (Å²) in [5.74, 6) is -0.901. The van der Waals surface area contributed by atoms with E-state index >= 15 is 0 Å².